The van der Waals surface area contributed by atoms with Crippen molar-refractivity contribution in [1.82, 2.24) is 14.8 Å². The van der Waals surface area contributed by atoms with Crippen LogP contribution in [0.3, 0.4) is 0 Å². The van der Waals surface area contributed by atoms with E-state index >= 15 is 0 Å². The molecule has 1 fully saturated rings. The summed E-state index contributed by atoms with van der Waals surface area (Å²) < 4.78 is 1.77. The van der Waals surface area contributed by atoms with Crippen LogP contribution < -0.4 is 5.73 Å². The molecule has 0 spiro atoms. The van der Waals surface area contributed by atoms with Crippen molar-refractivity contribution in [3.8, 4) is 0 Å². The lowest BCUT2D eigenvalue weighted by molar-refractivity contribution is -0.121. The van der Waals surface area contributed by atoms with E-state index in [0.717, 1.165) is 36.5 Å². The van der Waals surface area contributed by atoms with Crippen LogP contribution in [0.4, 0.5) is 5.69 Å². The number of nitrogen functional groups attached to an aromatic ring is 1. The second-order valence-electron chi connectivity index (χ2n) is 5.30. The number of carbonyl (C=O) groups excluding carboxylic acids is 1. The predicted octanol–water partition coefficient (Wildman–Crippen LogP) is 1.72. The molecule has 2 N–H and O–H groups in total. The van der Waals surface area contributed by atoms with Crippen molar-refractivity contribution in [1.29, 1.82) is 0 Å². The molecule has 1 aliphatic rings. The molecule has 1 heterocycles. The van der Waals surface area contributed by atoms with Crippen molar-refractivity contribution in [2.24, 2.45) is 0 Å². The van der Waals surface area contributed by atoms with Crippen LogP contribution in [0.15, 0.2) is 30.6 Å². The van der Waals surface area contributed by atoms with Gasteiger partial charge in [-0.3, -0.25) is 4.79 Å². The molecule has 5 heteroatoms. The number of nitrogens with two attached hydrogens (primary N) is 1. The highest BCUT2D eigenvalue weighted by Gasteiger charge is 2.50. The highest BCUT2D eigenvalue weighted by atomic mass is 16.1. The number of benzene rings is 1. The fourth-order valence-corrected chi connectivity index (χ4v) is 2.66. The molecule has 5 nitrogen and oxygen atoms in total. The third-order valence-electron chi connectivity index (χ3n) is 4.06. The van der Waals surface area contributed by atoms with E-state index in [-0.39, 0.29) is 11.2 Å². The molecular weight excluding hydrogens is 252 g/mol. The molecule has 2 aromatic rings. The fourth-order valence-electron chi connectivity index (χ4n) is 2.66. The van der Waals surface area contributed by atoms with Gasteiger partial charge < -0.3 is 5.73 Å². The average Bonchev–Trinajstić information content (AvgIpc) is 3.15. The first-order valence-corrected chi connectivity index (χ1v) is 6.92. The highest BCUT2D eigenvalue weighted by molar-refractivity contribution is 5.94. The van der Waals surface area contributed by atoms with Crippen LogP contribution in [0.5, 0.6) is 0 Å². The standard InChI is InChI=1S/C15H18N4O/c1-2-19-14(17-10-18-19)9-13(20)15(7-8-15)11-3-5-12(16)6-4-11/h3-6,10H,2,7-9,16H2,1H3. The van der Waals surface area contributed by atoms with Crippen molar-refractivity contribution in [2.45, 2.75) is 38.1 Å². The molecule has 0 radical (unpaired) electrons. The van der Waals surface area contributed by atoms with Crippen LogP contribution in [0, 0.1) is 0 Å². The molecule has 0 saturated heterocycles. The van der Waals surface area contributed by atoms with E-state index in [2.05, 4.69) is 10.1 Å². The van der Waals surface area contributed by atoms with E-state index in [1.807, 2.05) is 31.2 Å². The molecule has 104 valence electrons. The van der Waals surface area contributed by atoms with Gasteiger partial charge in [0.2, 0.25) is 0 Å². The van der Waals surface area contributed by atoms with Gasteiger partial charge in [0.05, 0.1) is 11.8 Å². The van der Waals surface area contributed by atoms with Gasteiger partial charge in [0.1, 0.15) is 12.2 Å². The van der Waals surface area contributed by atoms with Crippen LogP contribution in [0.1, 0.15) is 31.2 Å². The van der Waals surface area contributed by atoms with Crippen molar-refractivity contribution in [2.75, 3.05) is 5.73 Å². The predicted molar refractivity (Wildman–Crippen MR) is 76.2 cm³/mol. The third-order valence-corrected chi connectivity index (χ3v) is 4.06. The van der Waals surface area contributed by atoms with Crippen molar-refractivity contribution < 1.29 is 4.79 Å². The first-order chi connectivity index (χ1) is 9.65. The molecule has 1 aromatic carbocycles. The van der Waals surface area contributed by atoms with Crippen LogP contribution in [-0.4, -0.2) is 20.5 Å². The third kappa shape index (κ3) is 2.09. The van der Waals surface area contributed by atoms with Crippen molar-refractivity contribution in [3.05, 3.63) is 42.0 Å². The van der Waals surface area contributed by atoms with Crippen molar-refractivity contribution in [3.63, 3.8) is 0 Å². The number of nitrogens with zero attached hydrogens (tertiary/aromatic N) is 3. The molecule has 0 unspecified atom stereocenters. The minimum atomic E-state index is -0.321. The average molecular weight is 270 g/mol. The number of ketones is 1. The lowest BCUT2D eigenvalue weighted by Gasteiger charge is -2.14. The quantitative estimate of drug-likeness (QED) is 0.840. The minimum Gasteiger partial charge on any atom is -0.399 e. The van der Waals surface area contributed by atoms with Crippen LogP contribution in [0.25, 0.3) is 0 Å². The number of carbonyl (C=O) groups is 1. The molecule has 1 aliphatic carbocycles. The Hall–Kier alpha value is -2.17. The van der Waals surface area contributed by atoms with Gasteiger partial charge in [0, 0.05) is 12.2 Å². The Morgan fingerprint density at radius 2 is 2.05 bits per heavy atom. The van der Waals surface area contributed by atoms with Crippen LogP contribution in [-0.2, 0) is 23.2 Å². The number of Topliss-reactive ketones (excluding diaryl/α,β-unsaturated/α-hetero) is 1. The fraction of sp³-hybridized carbons (Fsp3) is 0.400. The molecule has 0 atom stereocenters. The van der Waals surface area contributed by atoms with Gasteiger partial charge in [-0.2, -0.15) is 5.10 Å². The SMILES string of the molecule is CCn1ncnc1CC(=O)C1(c2ccc(N)cc2)CC1. The van der Waals surface area contributed by atoms with E-state index in [0.29, 0.717) is 6.42 Å². The summed E-state index contributed by atoms with van der Waals surface area (Å²) in [4.78, 5) is 16.8. The lowest BCUT2D eigenvalue weighted by atomic mass is 9.89. The summed E-state index contributed by atoms with van der Waals surface area (Å²) >= 11 is 0. The molecule has 0 bridgehead atoms. The van der Waals surface area contributed by atoms with E-state index < -0.39 is 0 Å². The number of anilines is 1. The number of aromatic nitrogens is 3. The molecule has 3 rings (SSSR count). The molecule has 1 aromatic heterocycles. The van der Waals surface area contributed by atoms with Crippen LogP contribution >= 0.6 is 0 Å². The largest absolute Gasteiger partial charge is 0.399 e. The second-order valence-corrected chi connectivity index (χ2v) is 5.30. The second kappa shape index (κ2) is 4.74. The summed E-state index contributed by atoms with van der Waals surface area (Å²) in [6.07, 6.45) is 3.68. The minimum absolute atomic E-state index is 0.227. The maximum absolute atomic E-state index is 12.6. The topological polar surface area (TPSA) is 73.8 Å². The summed E-state index contributed by atoms with van der Waals surface area (Å²) in [5, 5.41) is 4.11. The molecular formula is C15H18N4O. The number of aryl methyl sites for hydroxylation is 1. The van der Waals surface area contributed by atoms with Gasteiger partial charge in [-0.25, -0.2) is 9.67 Å². The first-order valence-electron chi connectivity index (χ1n) is 6.92. The summed E-state index contributed by atoms with van der Waals surface area (Å²) in [5.41, 5.74) is 7.18. The first kappa shape index (κ1) is 12.8. The summed E-state index contributed by atoms with van der Waals surface area (Å²) in [7, 11) is 0. The van der Waals surface area contributed by atoms with Crippen LogP contribution in [0.2, 0.25) is 0 Å². The Morgan fingerprint density at radius 3 is 2.65 bits per heavy atom. The normalized spacial score (nSPS) is 16.1. The molecule has 0 aliphatic heterocycles. The van der Waals surface area contributed by atoms with Gasteiger partial charge in [-0.15, -0.1) is 0 Å². The summed E-state index contributed by atoms with van der Waals surface area (Å²) in [6, 6.07) is 7.64. The monoisotopic (exact) mass is 270 g/mol. The Balaban J connectivity index is 1.82. The van der Waals surface area contributed by atoms with E-state index in [1.54, 1.807) is 4.68 Å². The highest BCUT2D eigenvalue weighted by Crippen LogP contribution is 2.49. The lowest BCUT2D eigenvalue weighted by Crippen LogP contribution is -2.24. The Kier molecular flexibility index (Phi) is 3.04. The summed E-state index contributed by atoms with van der Waals surface area (Å²) in [6.45, 7) is 2.73. The van der Waals surface area contributed by atoms with Gasteiger partial charge >= 0.3 is 0 Å². The zero-order valence-corrected chi connectivity index (χ0v) is 11.5. The zero-order chi connectivity index (χ0) is 14.2. The maximum Gasteiger partial charge on any atom is 0.150 e. The maximum atomic E-state index is 12.6. The van der Waals surface area contributed by atoms with Gasteiger partial charge in [-0.05, 0) is 37.5 Å². The molecule has 20 heavy (non-hydrogen) atoms. The number of hydrogen-bond donors (Lipinski definition) is 1. The van der Waals surface area contributed by atoms with Gasteiger partial charge in [0.15, 0.2) is 5.78 Å². The van der Waals surface area contributed by atoms with Gasteiger partial charge in [-0.1, -0.05) is 12.1 Å². The Morgan fingerprint density at radius 1 is 1.35 bits per heavy atom. The molecule has 1 saturated carbocycles. The van der Waals surface area contributed by atoms with Crippen molar-refractivity contribution >= 4 is 11.5 Å². The Labute approximate surface area is 117 Å². The number of hydrogen-bond acceptors (Lipinski definition) is 4. The Bertz CT molecular complexity index is 626. The molecule has 0 amide bonds. The van der Waals surface area contributed by atoms with E-state index in [4.69, 9.17) is 5.73 Å². The smallest absolute Gasteiger partial charge is 0.150 e. The van der Waals surface area contributed by atoms with E-state index in [9.17, 15) is 4.79 Å². The number of rotatable bonds is 5. The van der Waals surface area contributed by atoms with Gasteiger partial charge in [0.25, 0.3) is 0 Å². The van der Waals surface area contributed by atoms with E-state index in [1.165, 1.54) is 6.33 Å². The zero-order valence-electron chi connectivity index (χ0n) is 11.5. The summed E-state index contributed by atoms with van der Waals surface area (Å²) in [5.74, 6) is 0.976.